The molecule has 2 heterocycles. The average molecular weight is 366 g/mol. The van der Waals surface area contributed by atoms with Crippen LogP contribution in [0.5, 0.6) is 0 Å². The van der Waals surface area contributed by atoms with E-state index in [1.54, 1.807) is 11.4 Å². The van der Waals surface area contributed by atoms with Crippen molar-refractivity contribution in [3.8, 4) is 11.3 Å². The van der Waals surface area contributed by atoms with Gasteiger partial charge in [-0.1, -0.05) is 12.1 Å². The Morgan fingerprint density at radius 2 is 2.00 bits per heavy atom. The lowest BCUT2D eigenvalue weighted by molar-refractivity contribution is -0.384. The Balaban J connectivity index is 1.83. The van der Waals surface area contributed by atoms with E-state index >= 15 is 0 Å². The zero-order valence-corrected chi connectivity index (χ0v) is 13.1. The third kappa shape index (κ3) is 3.91. The fourth-order valence-corrected chi connectivity index (χ4v) is 2.77. The zero-order valence-electron chi connectivity index (χ0n) is 12.3. The Bertz CT molecular complexity index is 927. The van der Waals surface area contributed by atoms with Crippen molar-refractivity contribution in [2.75, 3.05) is 5.32 Å². The summed E-state index contributed by atoms with van der Waals surface area (Å²) in [6.07, 6.45) is -2.49. The molecule has 3 aromatic rings. The molecular formula is C15H9F3N4O2S. The molecule has 0 saturated carbocycles. The number of pyridine rings is 1. The summed E-state index contributed by atoms with van der Waals surface area (Å²) in [7, 11) is 0. The van der Waals surface area contributed by atoms with Crippen LogP contribution in [0.3, 0.4) is 0 Å². The lowest BCUT2D eigenvalue weighted by atomic mass is 10.1. The van der Waals surface area contributed by atoms with E-state index in [1.165, 1.54) is 35.7 Å². The number of nitro benzene ring substituents is 1. The van der Waals surface area contributed by atoms with Crippen LogP contribution in [0.15, 0.2) is 48.1 Å². The predicted octanol–water partition coefficient (Wildman–Crippen LogP) is 4.88. The molecule has 0 spiro atoms. The summed E-state index contributed by atoms with van der Waals surface area (Å²) in [6, 6.07) is 6.88. The van der Waals surface area contributed by atoms with Crippen molar-refractivity contribution in [1.29, 1.82) is 0 Å². The third-order valence-corrected chi connectivity index (χ3v) is 3.93. The van der Waals surface area contributed by atoms with Crippen molar-refractivity contribution in [2.24, 2.45) is 0 Å². The predicted molar refractivity (Wildman–Crippen MR) is 86.7 cm³/mol. The molecule has 0 fully saturated rings. The number of non-ortho nitro benzene ring substituents is 1. The molecule has 2 aromatic heterocycles. The molecule has 0 atom stereocenters. The van der Waals surface area contributed by atoms with E-state index in [4.69, 9.17) is 0 Å². The van der Waals surface area contributed by atoms with E-state index in [-0.39, 0.29) is 11.4 Å². The highest BCUT2D eigenvalue weighted by atomic mass is 32.1. The van der Waals surface area contributed by atoms with Crippen LogP contribution >= 0.6 is 11.3 Å². The standard InChI is InChI=1S/C15H9F3N4O2S/c16-15(17,18)10-5-11(7-19-6-10)20-14-21-13(8-25-14)9-2-1-3-12(4-9)22(23)24/h1-8H,(H,20,21). The number of thiazole rings is 1. The molecular weight excluding hydrogens is 357 g/mol. The van der Waals surface area contributed by atoms with Gasteiger partial charge in [0.05, 0.1) is 28.1 Å². The molecule has 1 N–H and O–H groups in total. The highest BCUT2D eigenvalue weighted by Crippen LogP contribution is 2.32. The Labute approximate surface area is 143 Å². The number of halogens is 3. The van der Waals surface area contributed by atoms with Gasteiger partial charge in [0, 0.05) is 29.3 Å². The second kappa shape index (κ2) is 6.48. The summed E-state index contributed by atoms with van der Waals surface area (Å²) in [4.78, 5) is 18.1. The van der Waals surface area contributed by atoms with Crippen molar-refractivity contribution in [1.82, 2.24) is 9.97 Å². The van der Waals surface area contributed by atoms with Crippen LogP contribution in [-0.2, 0) is 6.18 Å². The van der Waals surface area contributed by atoms with Crippen molar-refractivity contribution in [3.05, 3.63) is 63.8 Å². The second-order valence-corrected chi connectivity index (χ2v) is 5.79. The number of anilines is 2. The molecule has 0 aliphatic heterocycles. The molecule has 0 saturated heterocycles. The molecule has 0 aliphatic carbocycles. The van der Waals surface area contributed by atoms with E-state index in [2.05, 4.69) is 15.3 Å². The lowest BCUT2D eigenvalue weighted by Crippen LogP contribution is -2.06. The summed E-state index contributed by atoms with van der Waals surface area (Å²) in [5.74, 6) is 0. The molecule has 0 radical (unpaired) electrons. The zero-order chi connectivity index (χ0) is 18.0. The van der Waals surface area contributed by atoms with Gasteiger partial charge < -0.3 is 5.32 Å². The Hall–Kier alpha value is -3.01. The second-order valence-electron chi connectivity index (χ2n) is 4.93. The van der Waals surface area contributed by atoms with Crippen molar-refractivity contribution < 1.29 is 18.1 Å². The molecule has 3 rings (SSSR count). The fraction of sp³-hybridized carbons (Fsp3) is 0.0667. The highest BCUT2D eigenvalue weighted by molar-refractivity contribution is 7.14. The molecule has 128 valence electrons. The van der Waals surface area contributed by atoms with Gasteiger partial charge in [-0.05, 0) is 6.07 Å². The Morgan fingerprint density at radius 3 is 2.72 bits per heavy atom. The van der Waals surface area contributed by atoms with E-state index in [0.29, 0.717) is 16.4 Å². The molecule has 10 heteroatoms. The van der Waals surface area contributed by atoms with Gasteiger partial charge in [-0.25, -0.2) is 4.98 Å². The Kier molecular flexibility index (Phi) is 4.36. The summed E-state index contributed by atoms with van der Waals surface area (Å²) >= 11 is 1.17. The van der Waals surface area contributed by atoms with Gasteiger partial charge in [0.1, 0.15) is 0 Å². The van der Waals surface area contributed by atoms with Crippen LogP contribution in [0.25, 0.3) is 11.3 Å². The molecule has 0 amide bonds. The van der Waals surface area contributed by atoms with Crippen molar-refractivity contribution in [2.45, 2.75) is 6.18 Å². The van der Waals surface area contributed by atoms with E-state index in [1.807, 2.05) is 0 Å². The van der Waals surface area contributed by atoms with Crippen LogP contribution in [0.1, 0.15) is 5.56 Å². The van der Waals surface area contributed by atoms with Crippen LogP contribution in [0, 0.1) is 10.1 Å². The maximum absolute atomic E-state index is 12.7. The van der Waals surface area contributed by atoms with Crippen LogP contribution in [0.4, 0.5) is 29.7 Å². The number of nitrogens with one attached hydrogen (secondary N) is 1. The number of hydrogen-bond donors (Lipinski definition) is 1. The molecule has 0 unspecified atom stereocenters. The number of aromatic nitrogens is 2. The van der Waals surface area contributed by atoms with E-state index in [9.17, 15) is 23.3 Å². The number of hydrogen-bond acceptors (Lipinski definition) is 6. The Morgan fingerprint density at radius 1 is 1.20 bits per heavy atom. The first-order chi connectivity index (χ1) is 11.8. The molecule has 25 heavy (non-hydrogen) atoms. The summed E-state index contributed by atoms with van der Waals surface area (Å²) in [5, 5.41) is 15.6. The maximum Gasteiger partial charge on any atom is 0.417 e. The average Bonchev–Trinajstić information content (AvgIpc) is 3.03. The maximum atomic E-state index is 12.7. The smallest absolute Gasteiger partial charge is 0.330 e. The first-order valence-electron chi connectivity index (χ1n) is 6.82. The van der Waals surface area contributed by atoms with Crippen LogP contribution in [-0.4, -0.2) is 14.9 Å². The number of alkyl halides is 3. The first kappa shape index (κ1) is 16.8. The van der Waals surface area contributed by atoms with Gasteiger partial charge in [0.2, 0.25) is 0 Å². The number of nitrogens with zero attached hydrogens (tertiary/aromatic N) is 3. The SMILES string of the molecule is O=[N+]([O-])c1cccc(-c2csc(Nc3cncc(C(F)(F)F)c3)n2)c1. The summed E-state index contributed by atoms with van der Waals surface area (Å²) in [5.41, 5.74) is 0.238. The largest absolute Gasteiger partial charge is 0.417 e. The van der Waals surface area contributed by atoms with Crippen LogP contribution in [0.2, 0.25) is 0 Å². The minimum Gasteiger partial charge on any atom is -0.330 e. The van der Waals surface area contributed by atoms with Gasteiger partial charge in [-0.15, -0.1) is 11.3 Å². The molecule has 1 aromatic carbocycles. The van der Waals surface area contributed by atoms with Gasteiger partial charge >= 0.3 is 6.18 Å². The highest BCUT2D eigenvalue weighted by Gasteiger charge is 2.31. The van der Waals surface area contributed by atoms with Crippen LogP contribution < -0.4 is 5.32 Å². The number of nitro groups is 1. The topological polar surface area (TPSA) is 81.0 Å². The normalized spacial score (nSPS) is 11.3. The van der Waals surface area contributed by atoms with Gasteiger partial charge in [0.15, 0.2) is 5.13 Å². The summed E-state index contributed by atoms with van der Waals surface area (Å²) < 4.78 is 38.1. The molecule has 6 nitrogen and oxygen atoms in total. The summed E-state index contributed by atoms with van der Waals surface area (Å²) in [6.45, 7) is 0. The number of rotatable bonds is 4. The lowest BCUT2D eigenvalue weighted by Gasteiger charge is -2.08. The monoisotopic (exact) mass is 366 g/mol. The first-order valence-corrected chi connectivity index (χ1v) is 7.70. The quantitative estimate of drug-likeness (QED) is 0.526. The fourth-order valence-electron chi connectivity index (χ4n) is 2.03. The van der Waals surface area contributed by atoms with Crippen molar-refractivity contribution in [3.63, 3.8) is 0 Å². The minimum atomic E-state index is -4.48. The molecule has 0 bridgehead atoms. The van der Waals surface area contributed by atoms with Gasteiger partial charge in [-0.2, -0.15) is 13.2 Å². The molecule has 0 aliphatic rings. The van der Waals surface area contributed by atoms with Gasteiger partial charge in [-0.3, -0.25) is 15.1 Å². The van der Waals surface area contributed by atoms with Gasteiger partial charge in [0.25, 0.3) is 5.69 Å². The van der Waals surface area contributed by atoms with E-state index in [0.717, 1.165) is 12.3 Å². The van der Waals surface area contributed by atoms with Crippen molar-refractivity contribution >= 4 is 27.8 Å². The minimum absolute atomic E-state index is 0.0675. The van der Waals surface area contributed by atoms with E-state index < -0.39 is 16.7 Å². The number of benzene rings is 1. The third-order valence-electron chi connectivity index (χ3n) is 3.17.